The summed E-state index contributed by atoms with van der Waals surface area (Å²) in [6.45, 7) is 5.96. The Morgan fingerprint density at radius 2 is 2.00 bits per heavy atom. The third kappa shape index (κ3) is 8.40. The topological polar surface area (TPSA) is 47.6 Å². The van der Waals surface area contributed by atoms with Gasteiger partial charge in [-0.25, -0.2) is 0 Å². The normalized spacial score (nSPS) is 11.0. The predicted molar refractivity (Wildman–Crippen MR) is 79.0 cm³/mol. The summed E-state index contributed by atoms with van der Waals surface area (Å²) in [5.74, 6) is 0.175. The fourth-order valence-electron chi connectivity index (χ4n) is 1.27. The van der Waals surface area contributed by atoms with E-state index in [1.165, 1.54) is 21.9 Å². The molecule has 0 aromatic heterocycles. The number of rotatable bonds is 5. The first-order chi connectivity index (χ1) is 9.04. The molecule has 4 nitrogen and oxygen atoms in total. The van der Waals surface area contributed by atoms with Gasteiger partial charge in [0.15, 0.2) is 0 Å². The molecule has 0 saturated carbocycles. The molecular formula is C14H23BNO3. The first kappa shape index (κ1) is 17.7. The number of anilines is 1. The molecule has 1 N–H and O–H groups in total. The molecule has 19 heavy (non-hydrogen) atoms. The van der Waals surface area contributed by atoms with Crippen LogP contribution in [0.5, 0.6) is 0 Å². The Bertz CT molecular complexity index is 369. The van der Waals surface area contributed by atoms with Crippen molar-refractivity contribution in [2.45, 2.75) is 27.2 Å². The van der Waals surface area contributed by atoms with Gasteiger partial charge in [0.25, 0.3) is 0 Å². The number of aryl methyl sites for hydroxylation is 1. The summed E-state index contributed by atoms with van der Waals surface area (Å²) in [5.41, 5.74) is 2.04. The van der Waals surface area contributed by atoms with Gasteiger partial charge in [0.1, 0.15) is 0 Å². The highest BCUT2D eigenvalue weighted by Crippen LogP contribution is 2.11. The molecule has 0 spiro atoms. The van der Waals surface area contributed by atoms with E-state index in [0.717, 1.165) is 17.7 Å². The van der Waals surface area contributed by atoms with Gasteiger partial charge in [-0.05, 0) is 31.0 Å². The SMILES string of the molecule is CCC(C)C(=O)Nc1cccc(C)c1.CO[B]OC. The maximum absolute atomic E-state index is 11.5. The highest BCUT2D eigenvalue weighted by atomic mass is 16.6. The summed E-state index contributed by atoms with van der Waals surface area (Å²) in [6, 6.07) is 7.84. The van der Waals surface area contributed by atoms with Gasteiger partial charge < -0.3 is 14.6 Å². The third-order valence-electron chi connectivity index (χ3n) is 2.54. The van der Waals surface area contributed by atoms with Crippen LogP contribution in [0.25, 0.3) is 0 Å². The van der Waals surface area contributed by atoms with Crippen LogP contribution in [0.1, 0.15) is 25.8 Å². The van der Waals surface area contributed by atoms with Crippen molar-refractivity contribution >= 4 is 19.3 Å². The van der Waals surface area contributed by atoms with Crippen LogP contribution in [0, 0.1) is 12.8 Å². The lowest BCUT2D eigenvalue weighted by atomic mass is 10.1. The zero-order valence-electron chi connectivity index (χ0n) is 12.4. The first-order valence-corrected chi connectivity index (χ1v) is 6.29. The van der Waals surface area contributed by atoms with Crippen molar-refractivity contribution in [2.75, 3.05) is 19.5 Å². The summed E-state index contributed by atoms with van der Waals surface area (Å²) >= 11 is 0. The van der Waals surface area contributed by atoms with Gasteiger partial charge >= 0.3 is 7.69 Å². The maximum atomic E-state index is 11.5. The van der Waals surface area contributed by atoms with Crippen LogP contribution in [0.15, 0.2) is 24.3 Å². The van der Waals surface area contributed by atoms with E-state index >= 15 is 0 Å². The van der Waals surface area contributed by atoms with Gasteiger partial charge in [-0.1, -0.05) is 26.0 Å². The first-order valence-electron chi connectivity index (χ1n) is 6.29. The molecule has 0 saturated heterocycles. The minimum Gasteiger partial charge on any atom is -0.416 e. The monoisotopic (exact) mass is 264 g/mol. The fourth-order valence-corrected chi connectivity index (χ4v) is 1.27. The van der Waals surface area contributed by atoms with Gasteiger partial charge in [-0.3, -0.25) is 4.79 Å². The predicted octanol–water partition coefficient (Wildman–Crippen LogP) is 2.79. The number of hydrogen-bond donors (Lipinski definition) is 1. The van der Waals surface area contributed by atoms with Gasteiger partial charge in [0.2, 0.25) is 5.91 Å². The number of hydrogen-bond acceptors (Lipinski definition) is 3. The molecule has 0 bridgehead atoms. The second-order valence-electron chi connectivity index (χ2n) is 4.24. The van der Waals surface area contributed by atoms with E-state index in [0.29, 0.717) is 0 Å². The lowest BCUT2D eigenvalue weighted by Crippen LogP contribution is -2.19. The number of nitrogens with one attached hydrogen (secondary N) is 1. The summed E-state index contributed by atoms with van der Waals surface area (Å²) in [5, 5.41) is 2.89. The average Bonchev–Trinajstić information content (AvgIpc) is 2.39. The summed E-state index contributed by atoms with van der Waals surface area (Å²) in [6.07, 6.45) is 0.873. The minimum atomic E-state index is 0.0792. The molecule has 1 radical (unpaired) electrons. The molecule has 0 aliphatic heterocycles. The number of carbonyl (C=O) groups excluding carboxylic acids is 1. The fraction of sp³-hybridized carbons (Fsp3) is 0.500. The lowest BCUT2D eigenvalue weighted by molar-refractivity contribution is -0.119. The molecule has 5 heteroatoms. The van der Waals surface area contributed by atoms with E-state index in [1.54, 1.807) is 0 Å². The van der Waals surface area contributed by atoms with Crippen LogP contribution in [-0.4, -0.2) is 27.8 Å². The summed E-state index contributed by atoms with van der Waals surface area (Å²) in [4.78, 5) is 11.5. The third-order valence-corrected chi connectivity index (χ3v) is 2.54. The molecule has 0 aliphatic carbocycles. The van der Waals surface area contributed by atoms with E-state index in [1.807, 2.05) is 45.0 Å². The molecular weight excluding hydrogens is 241 g/mol. The lowest BCUT2D eigenvalue weighted by Gasteiger charge is -2.10. The van der Waals surface area contributed by atoms with Gasteiger partial charge in [0, 0.05) is 25.8 Å². The van der Waals surface area contributed by atoms with Crippen LogP contribution in [0.4, 0.5) is 5.69 Å². The molecule has 1 amide bonds. The van der Waals surface area contributed by atoms with Crippen molar-refractivity contribution in [1.29, 1.82) is 0 Å². The van der Waals surface area contributed by atoms with E-state index < -0.39 is 0 Å². The Balaban J connectivity index is 0.000000555. The van der Waals surface area contributed by atoms with Crippen molar-refractivity contribution in [3.63, 3.8) is 0 Å². The molecule has 0 fully saturated rings. The van der Waals surface area contributed by atoms with Crippen LogP contribution >= 0.6 is 0 Å². The van der Waals surface area contributed by atoms with Crippen LogP contribution in [-0.2, 0) is 14.1 Å². The molecule has 1 rings (SSSR count). The maximum Gasteiger partial charge on any atom is 0.487 e. The minimum absolute atomic E-state index is 0.0792. The van der Waals surface area contributed by atoms with Crippen LogP contribution in [0.3, 0.4) is 0 Å². The smallest absolute Gasteiger partial charge is 0.416 e. The Morgan fingerprint density at radius 3 is 2.42 bits per heavy atom. The Morgan fingerprint density at radius 1 is 1.37 bits per heavy atom. The molecule has 0 heterocycles. The largest absolute Gasteiger partial charge is 0.487 e. The van der Waals surface area contributed by atoms with Gasteiger partial charge in [-0.2, -0.15) is 0 Å². The van der Waals surface area contributed by atoms with E-state index in [2.05, 4.69) is 14.6 Å². The van der Waals surface area contributed by atoms with Crippen molar-refractivity contribution in [1.82, 2.24) is 0 Å². The van der Waals surface area contributed by atoms with Gasteiger partial charge in [-0.15, -0.1) is 0 Å². The highest BCUT2D eigenvalue weighted by Gasteiger charge is 2.09. The summed E-state index contributed by atoms with van der Waals surface area (Å²) in [7, 11) is 4.31. The molecule has 1 aromatic rings. The van der Waals surface area contributed by atoms with Crippen molar-refractivity contribution in [2.24, 2.45) is 5.92 Å². The number of benzene rings is 1. The van der Waals surface area contributed by atoms with Crippen LogP contribution in [0.2, 0.25) is 0 Å². The molecule has 1 atom stereocenters. The molecule has 1 unspecified atom stereocenters. The number of amides is 1. The Hall–Kier alpha value is -1.33. The quantitative estimate of drug-likeness (QED) is 0.832. The van der Waals surface area contributed by atoms with Crippen molar-refractivity contribution in [3.8, 4) is 0 Å². The van der Waals surface area contributed by atoms with Crippen molar-refractivity contribution in [3.05, 3.63) is 29.8 Å². The second-order valence-corrected chi connectivity index (χ2v) is 4.24. The highest BCUT2D eigenvalue weighted by molar-refractivity contribution is 6.17. The zero-order chi connectivity index (χ0) is 14.7. The van der Waals surface area contributed by atoms with Crippen molar-refractivity contribution < 1.29 is 14.1 Å². The van der Waals surface area contributed by atoms with E-state index in [9.17, 15) is 4.79 Å². The Kier molecular flexibility index (Phi) is 9.85. The molecule has 0 aliphatic rings. The molecule has 105 valence electrons. The van der Waals surface area contributed by atoms with Crippen LogP contribution < -0.4 is 5.32 Å². The van der Waals surface area contributed by atoms with E-state index in [4.69, 9.17) is 0 Å². The average molecular weight is 264 g/mol. The number of carbonyl (C=O) groups is 1. The van der Waals surface area contributed by atoms with Gasteiger partial charge in [0.05, 0.1) is 0 Å². The summed E-state index contributed by atoms with van der Waals surface area (Å²) < 4.78 is 8.69. The second kappa shape index (κ2) is 10.6. The zero-order valence-corrected chi connectivity index (χ0v) is 12.4. The van der Waals surface area contributed by atoms with E-state index in [-0.39, 0.29) is 11.8 Å². The Labute approximate surface area is 116 Å². The molecule has 1 aromatic carbocycles. The standard InChI is InChI=1S/C12H17NO.C2H6BO2/c1-4-10(3)12(14)13-11-7-5-6-9(2)8-11;1-4-3-5-2/h5-8,10H,4H2,1-3H3,(H,13,14);1-2H3.